The Morgan fingerprint density at radius 3 is 2.65 bits per heavy atom. The highest BCUT2D eigenvalue weighted by Gasteiger charge is 2.26. The van der Waals surface area contributed by atoms with Crippen molar-refractivity contribution >= 4 is 29.1 Å². The zero-order valence-corrected chi connectivity index (χ0v) is 17.0. The van der Waals surface area contributed by atoms with Gasteiger partial charge in [0.1, 0.15) is 6.54 Å². The van der Waals surface area contributed by atoms with E-state index >= 15 is 0 Å². The van der Waals surface area contributed by atoms with Gasteiger partial charge in [0.25, 0.3) is 0 Å². The average molecular weight is 417 g/mol. The maximum absolute atomic E-state index is 12.6. The zero-order valence-electron chi connectivity index (χ0n) is 17.0. The summed E-state index contributed by atoms with van der Waals surface area (Å²) in [6, 6.07) is 16.9. The second-order valence-corrected chi connectivity index (χ2v) is 7.27. The fourth-order valence-electron chi connectivity index (χ4n) is 3.46. The van der Waals surface area contributed by atoms with Gasteiger partial charge in [-0.2, -0.15) is 5.10 Å². The molecule has 2 heterocycles. The van der Waals surface area contributed by atoms with Gasteiger partial charge in [-0.25, -0.2) is 4.68 Å². The van der Waals surface area contributed by atoms with E-state index in [1.54, 1.807) is 29.1 Å². The predicted molar refractivity (Wildman–Crippen MR) is 117 cm³/mol. The summed E-state index contributed by atoms with van der Waals surface area (Å²) in [6.07, 6.45) is 4.47. The molecule has 2 aromatic carbocycles. The molecule has 4 rings (SSSR count). The molecule has 1 aromatic heterocycles. The van der Waals surface area contributed by atoms with Crippen molar-refractivity contribution in [2.75, 3.05) is 23.3 Å². The molecule has 3 amide bonds. The van der Waals surface area contributed by atoms with Crippen LogP contribution < -0.4 is 15.5 Å². The first-order chi connectivity index (χ1) is 15.1. The fraction of sp³-hybridized carbons (Fsp3) is 0.217. The summed E-state index contributed by atoms with van der Waals surface area (Å²) in [5.41, 5.74) is 3.25. The van der Waals surface area contributed by atoms with E-state index in [9.17, 15) is 14.4 Å². The second-order valence-electron chi connectivity index (χ2n) is 7.27. The topological polar surface area (TPSA) is 96.3 Å². The smallest absolute Gasteiger partial charge is 0.244 e. The molecule has 0 aliphatic carbocycles. The predicted octanol–water partition coefficient (Wildman–Crippen LogP) is 2.30. The molecule has 2 N–H and O–H groups in total. The summed E-state index contributed by atoms with van der Waals surface area (Å²) in [6.45, 7) is 0.422. The van der Waals surface area contributed by atoms with Crippen LogP contribution in [0.15, 0.2) is 67.0 Å². The lowest BCUT2D eigenvalue weighted by molar-refractivity contribution is -0.125. The van der Waals surface area contributed by atoms with Gasteiger partial charge < -0.3 is 15.5 Å². The van der Waals surface area contributed by atoms with Crippen molar-refractivity contribution in [3.63, 3.8) is 0 Å². The molecule has 8 nitrogen and oxygen atoms in total. The van der Waals surface area contributed by atoms with Crippen molar-refractivity contribution in [1.82, 2.24) is 15.1 Å². The van der Waals surface area contributed by atoms with E-state index < -0.39 is 0 Å². The maximum Gasteiger partial charge on any atom is 0.244 e. The van der Waals surface area contributed by atoms with E-state index in [1.165, 1.54) is 4.90 Å². The standard InChI is InChI=1S/C23H23N5O3/c29-21(24-13-12-17-14-25-28(15-17)18-6-2-1-3-7-18)10-11-23(31)27-16-22(30)26-19-8-4-5-9-20(19)27/h1-9,14-15H,10-13,16H2,(H,24,29)(H,26,30). The molecule has 31 heavy (non-hydrogen) atoms. The van der Waals surface area contributed by atoms with Crippen LogP contribution in [0, 0.1) is 0 Å². The number of hydrogen-bond donors (Lipinski definition) is 2. The van der Waals surface area contributed by atoms with Crippen LogP contribution in [0.5, 0.6) is 0 Å². The van der Waals surface area contributed by atoms with Crippen LogP contribution in [0.2, 0.25) is 0 Å². The molecule has 0 unspecified atom stereocenters. The van der Waals surface area contributed by atoms with Crippen molar-refractivity contribution in [3.8, 4) is 5.69 Å². The molecule has 0 fully saturated rings. The summed E-state index contributed by atoms with van der Waals surface area (Å²) >= 11 is 0. The Bertz CT molecular complexity index is 1090. The highest BCUT2D eigenvalue weighted by atomic mass is 16.2. The average Bonchev–Trinajstić information content (AvgIpc) is 3.26. The first-order valence-electron chi connectivity index (χ1n) is 10.1. The SMILES string of the molecule is O=C(CCC(=O)N1CC(=O)Nc2ccccc21)NCCc1cnn(-c2ccccc2)c1. The van der Waals surface area contributed by atoms with Gasteiger partial charge in [-0.3, -0.25) is 14.4 Å². The second kappa shape index (κ2) is 9.25. The maximum atomic E-state index is 12.6. The van der Waals surface area contributed by atoms with E-state index in [0.717, 1.165) is 11.3 Å². The van der Waals surface area contributed by atoms with E-state index in [0.29, 0.717) is 24.3 Å². The monoisotopic (exact) mass is 417 g/mol. The Labute approximate surface area is 179 Å². The van der Waals surface area contributed by atoms with Gasteiger partial charge in [-0.05, 0) is 36.2 Å². The summed E-state index contributed by atoms with van der Waals surface area (Å²) in [4.78, 5) is 38.1. The van der Waals surface area contributed by atoms with Gasteiger partial charge in [-0.15, -0.1) is 0 Å². The van der Waals surface area contributed by atoms with Gasteiger partial charge in [0.05, 0.1) is 23.3 Å². The number of para-hydroxylation sites is 3. The molecule has 1 aliphatic heterocycles. The Balaban J connectivity index is 1.23. The third-order valence-electron chi connectivity index (χ3n) is 5.03. The molecule has 8 heteroatoms. The lowest BCUT2D eigenvalue weighted by atomic mass is 10.1. The Hall–Kier alpha value is -3.94. The number of benzene rings is 2. The number of amides is 3. The number of fused-ring (bicyclic) bond motifs is 1. The Morgan fingerprint density at radius 2 is 1.81 bits per heavy atom. The van der Waals surface area contributed by atoms with Crippen molar-refractivity contribution in [3.05, 3.63) is 72.6 Å². The number of nitrogens with zero attached hydrogens (tertiary/aromatic N) is 3. The van der Waals surface area contributed by atoms with Crippen LogP contribution >= 0.6 is 0 Å². The number of carbonyl (C=O) groups excluding carboxylic acids is 3. The van der Waals surface area contributed by atoms with Crippen molar-refractivity contribution < 1.29 is 14.4 Å². The van der Waals surface area contributed by atoms with Gasteiger partial charge in [-0.1, -0.05) is 30.3 Å². The molecule has 3 aromatic rings. The number of carbonyl (C=O) groups is 3. The first kappa shape index (κ1) is 20.3. The minimum Gasteiger partial charge on any atom is -0.356 e. The molecule has 0 radical (unpaired) electrons. The van der Waals surface area contributed by atoms with Crippen LogP contribution in [0.3, 0.4) is 0 Å². The number of nitrogens with one attached hydrogen (secondary N) is 2. The highest BCUT2D eigenvalue weighted by molar-refractivity contribution is 6.10. The number of rotatable bonds is 7. The molecule has 0 saturated heterocycles. The van der Waals surface area contributed by atoms with Gasteiger partial charge >= 0.3 is 0 Å². The summed E-state index contributed by atoms with van der Waals surface area (Å²) in [7, 11) is 0. The first-order valence-corrected chi connectivity index (χ1v) is 10.1. The Kier molecular flexibility index (Phi) is 6.07. The highest BCUT2D eigenvalue weighted by Crippen LogP contribution is 2.29. The third kappa shape index (κ3) is 4.98. The molecule has 158 valence electrons. The van der Waals surface area contributed by atoms with E-state index in [1.807, 2.05) is 42.6 Å². The van der Waals surface area contributed by atoms with Crippen LogP contribution in [0.25, 0.3) is 5.69 Å². The number of aromatic nitrogens is 2. The van der Waals surface area contributed by atoms with Crippen LogP contribution in [0.1, 0.15) is 18.4 Å². The minimum atomic E-state index is -0.249. The fourth-order valence-corrected chi connectivity index (χ4v) is 3.46. The van der Waals surface area contributed by atoms with E-state index in [4.69, 9.17) is 0 Å². The van der Waals surface area contributed by atoms with Crippen LogP contribution in [-0.2, 0) is 20.8 Å². The molecule has 1 aliphatic rings. The largest absolute Gasteiger partial charge is 0.356 e. The van der Waals surface area contributed by atoms with E-state index in [2.05, 4.69) is 15.7 Å². The van der Waals surface area contributed by atoms with E-state index in [-0.39, 0.29) is 37.1 Å². The molecule has 0 atom stereocenters. The van der Waals surface area contributed by atoms with Gasteiger partial charge in [0.15, 0.2) is 0 Å². The zero-order chi connectivity index (χ0) is 21.6. The molecule has 0 saturated carbocycles. The summed E-state index contributed by atoms with van der Waals surface area (Å²) in [5, 5.41) is 9.93. The van der Waals surface area contributed by atoms with Gasteiger partial charge in [0, 0.05) is 25.6 Å². The molecule has 0 spiro atoms. The van der Waals surface area contributed by atoms with Gasteiger partial charge in [0.2, 0.25) is 17.7 Å². The van der Waals surface area contributed by atoms with Crippen LogP contribution in [-0.4, -0.2) is 40.6 Å². The van der Waals surface area contributed by atoms with Crippen LogP contribution in [0.4, 0.5) is 11.4 Å². The Morgan fingerprint density at radius 1 is 1.03 bits per heavy atom. The summed E-state index contributed by atoms with van der Waals surface area (Å²) < 4.78 is 1.79. The minimum absolute atomic E-state index is 0.0388. The van der Waals surface area contributed by atoms with Crippen molar-refractivity contribution in [1.29, 1.82) is 0 Å². The van der Waals surface area contributed by atoms with Crippen molar-refractivity contribution in [2.45, 2.75) is 19.3 Å². The van der Waals surface area contributed by atoms with Crippen molar-refractivity contribution in [2.24, 2.45) is 0 Å². The molecular weight excluding hydrogens is 394 g/mol. The summed E-state index contributed by atoms with van der Waals surface area (Å²) in [5.74, 6) is -0.687. The third-order valence-corrected chi connectivity index (χ3v) is 5.03. The number of hydrogen-bond acceptors (Lipinski definition) is 4. The number of anilines is 2. The quantitative estimate of drug-likeness (QED) is 0.617. The molecule has 0 bridgehead atoms. The molecular formula is C23H23N5O3. The lowest BCUT2D eigenvalue weighted by Crippen LogP contribution is -2.42. The lowest BCUT2D eigenvalue weighted by Gasteiger charge is -2.29. The normalized spacial score (nSPS) is 12.8.